The molecule has 0 saturated carbocycles. The quantitative estimate of drug-likeness (QED) is 0.397. The van der Waals surface area contributed by atoms with Crippen LogP contribution < -0.4 is 15.7 Å². The van der Waals surface area contributed by atoms with Crippen molar-refractivity contribution in [3.05, 3.63) is 132 Å². The highest BCUT2D eigenvalue weighted by Gasteiger charge is 2.50. The summed E-state index contributed by atoms with van der Waals surface area (Å²) in [5.74, 6) is 0. The van der Waals surface area contributed by atoms with Crippen molar-refractivity contribution in [2.24, 2.45) is 0 Å². The molecule has 3 heteroatoms. The average Bonchev–Trinajstić information content (AvgIpc) is 3.45. The predicted octanol–water partition coefficient (Wildman–Crippen LogP) is 5.09. The van der Waals surface area contributed by atoms with Crippen molar-refractivity contribution in [3.63, 3.8) is 0 Å². The van der Waals surface area contributed by atoms with Crippen LogP contribution in [0.25, 0.3) is 0 Å². The van der Waals surface area contributed by atoms with Gasteiger partial charge in [-0.2, -0.15) is 0 Å². The second-order valence-corrected chi connectivity index (χ2v) is 12.4. The number of rotatable bonds is 7. The summed E-state index contributed by atoms with van der Waals surface area (Å²) in [6.45, 7) is 3.37. The van der Waals surface area contributed by atoms with E-state index in [0.717, 1.165) is 19.4 Å². The normalized spacial score (nSPS) is 16.6. The lowest BCUT2D eigenvalue weighted by atomic mass is 9.79. The van der Waals surface area contributed by atoms with Gasteiger partial charge in [0.15, 0.2) is 0 Å². The maximum absolute atomic E-state index is 7.73. The first-order chi connectivity index (χ1) is 16.2. The van der Waals surface area contributed by atoms with Gasteiger partial charge in [0.2, 0.25) is 0 Å². The van der Waals surface area contributed by atoms with Crippen LogP contribution >= 0.6 is 0 Å². The molecule has 1 fully saturated rings. The van der Waals surface area contributed by atoms with Gasteiger partial charge in [-0.05, 0) is 47.4 Å². The van der Waals surface area contributed by atoms with Crippen molar-refractivity contribution in [3.8, 4) is 0 Å². The Labute approximate surface area is 198 Å². The van der Waals surface area contributed by atoms with Crippen molar-refractivity contribution in [1.29, 1.82) is 0 Å². The summed E-state index contributed by atoms with van der Waals surface area (Å²) in [5.41, 5.74) is 1.83. The molecule has 33 heavy (non-hydrogen) atoms. The fraction of sp³-hybridized carbons (Fsp3) is 0.200. The fourth-order valence-electron chi connectivity index (χ4n) is 5.28. The largest absolute Gasteiger partial charge is 0.393 e. The van der Waals surface area contributed by atoms with Crippen LogP contribution in [0.1, 0.15) is 24.0 Å². The summed E-state index contributed by atoms with van der Waals surface area (Å²) in [6, 6.07) is 43.5. The van der Waals surface area contributed by atoms with Crippen molar-refractivity contribution in [2.75, 3.05) is 6.54 Å². The molecule has 0 aromatic heterocycles. The van der Waals surface area contributed by atoms with Gasteiger partial charge in [0.05, 0.1) is 0 Å². The molecule has 0 spiro atoms. The lowest BCUT2D eigenvalue weighted by molar-refractivity contribution is 0.0679. The summed E-state index contributed by atoms with van der Waals surface area (Å²) in [5, 5.41) is 6.38. The standard InChI is InChI=1S/C30H31NOSi/c1-33(27-19-10-4-11-20-27,28-21-12-5-13-22-28)32-30(29-23-14-24-31-29,25-15-6-2-7-16-25)26-17-8-3-9-18-26/h2-13,15-22,29,31H,14,23-24H2,1H3/t29-/m1/s1. The van der Waals surface area contributed by atoms with Gasteiger partial charge in [-0.25, -0.2) is 0 Å². The fourth-order valence-corrected chi connectivity index (χ4v) is 8.53. The van der Waals surface area contributed by atoms with Crippen molar-refractivity contribution in [1.82, 2.24) is 5.32 Å². The van der Waals surface area contributed by atoms with Gasteiger partial charge >= 0.3 is 0 Å². The molecule has 5 rings (SSSR count). The van der Waals surface area contributed by atoms with Crippen LogP contribution in [0.5, 0.6) is 0 Å². The number of benzene rings is 4. The Kier molecular flexibility index (Phi) is 6.27. The van der Waals surface area contributed by atoms with E-state index >= 15 is 0 Å². The third kappa shape index (κ3) is 4.08. The zero-order valence-electron chi connectivity index (χ0n) is 19.2. The molecule has 1 aliphatic rings. The number of nitrogens with one attached hydrogen (secondary N) is 1. The highest BCUT2D eigenvalue weighted by molar-refractivity contribution is 6.96. The van der Waals surface area contributed by atoms with E-state index in [4.69, 9.17) is 4.43 Å². The van der Waals surface area contributed by atoms with Crippen molar-refractivity contribution >= 4 is 18.7 Å². The summed E-state index contributed by atoms with van der Waals surface area (Å²) in [4.78, 5) is 0. The van der Waals surface area contributed by atoms with Gasteiger partial charge in [0.25, 0.3) is 8.32 Å². The number of hydrogen-bond acceptors (Lipinski definition) is 2. The van der Waals surface area contributed by atoms with Gasteiger partial charge in [0.1, 0.15) is 5.60 Å². The van der Waals surface area contributed by atoms with Gasteiger partial charge in [0, 0.05) is 6.04 Å². The second-order valence-electron chi connectivity index (χ2n) is 8.98. The molecule has 1 saturated heterocycles. The van der Waals surface area contributed by atoms with E-state index in [9.17, 15) is 0 Å². The summed E-state index contributed by atoms with van der Waals surface area (Å²) < 4.78 is 7.73. The molecular formula is C30H31NOSi. The molecule has 4 aromatic carbocycles. The Hall–Kier alpha value is -2.98. The highest BCUT2D eigenvalue weighted by atomic mass is 28.4. The average molecular weight is 450 g/mol. The molecule has 0 radical (unpaired) electrons. The van der Waals surface area contributed by atoms with E-state index in [-0.39, 0.29) is 6.04 Å². The van der Waals surface area contributed by atoms with E-state index in [1.54, 1.807) is 0 Å². The molecular weight excluding hydrogens is 418 g/mol. The first kappa shape index (κ1) is 21.8. The van der Waals surface area contributed by atoms with E-state index in [1.165, 1.54) is 21.5 Å². The van der Waals surface area contributed by atoms with E-state index < -0.39 is 13.9 Å². The Morgan fingerprint density at radius 2 is 1.09 bits per heavy atom. The molecule has 0 bridgehead atoms. The van der Waals surface area contributed by atoms with Gasteiger partial charge in [-0.3, -0.25) is 0 Å². The van der Waals surface area contributed by atoms with Crippen LogP contribution in [0.4, 0.5) is 0 Å². The highest BCUT2D eigenvalue weighted by Crippen LogP contribution is 2.42. The minimum absolute atomic E-state index is 0.196. The third-order valence-electron chi connectivity index (χ3n) is 6.97. The Bertz CT molecular complexity index is 1060. The third-order valence-corrected chi connectivity index (χ3v) is 10.6. The SMILES string of the molecule is C[Si](OC(c1ccccc1)(c1ccccc1)[C@H]1CCCN1)(c1ccccc1)c1ccccc1. The lowest BCUT2D eigenvalue weighted by Crippen LogP contribution is -2.65. The molecule has 1 aliphatic heterocycles. The van der Waals surface area contributed by atoms with Crippen LogP contribution in [0.3, 0.4) is 0 Å². The first-order valence-corrected chi connectivity index (χ1v) is 14.3. The molecule has 4 aromatic rings. The molecule has 2 nitrogen and oxygen atoms in total. The minimum Gasteiger partial charge on any atom is -0.393 e. The predicted molar refractivity (Wildman–Crippen MR) is 140 cm³/mol. The molecule has 0 aliphatic carbocycles. The van der Waals surface area contributed by atoms with E-state index in [0.29, 0.717) is 0 Å². The zero-order valence-corrected chi connectivity index (χ0v) is 20.2. The summed E-state index contributed by atoms with van der Waals surface area (Å²) in [6.07, 6.45) is 2.24. The molecule has 1 heterocycles. The van der Waals surface area contributed by atoms with Crippen LogP contribution in [-0.4, -0.2) is 20.9 Å². The molecule has 0 amide bonds. The zero-order chi connectivity index (χ0) is 22.6. The molecule has 0 unspecified atom stereocenters. The van der Waals surface area contributed by atoms with Crippen molar-refractivity contribution < 1.29 is 4.43 Å². The van der Waals surface area contributed by atoms with Crippen molar-refractivity contribution in [2.45, 2.75) is 31.0 Å². The van der Waals surface area contributed by atoms with Crippen LogP contribution in [0.2, 0.25) is 6.55 Å². The Morgan fingerprint density at radius 3 is 1.48 bits per heavy atom. The first-order valence-electron chi connectivity index (χ1n) is 11.9. The maximum atomic E-state index is 7.73. The monoisotopic (exact) mass is 449 g/mol. The minimum atomic E-state index is -2.61. The topological polar surface area (TPSA) is 21.3 Å². The van der Waals surface area contributed by atoms with Crippen LogP contribution in [-0.2, 0) is 10.0 Å². The Balaban J connectivity index is 1.77. The van der Waals surface area contributed by atoms with Crippen LogP contribution in [0, 0.1) is 0 Å². The molecule has 166 valence electrons. The summed E-state index contributed by atoms with van der Waals surface area (Å²) in [7, 11) is -2.61. The van der Waals surface area contributed by atoms with E-state index in [1.807, 2.05) is 0 Å². The summed E-state index contributed by atoms with van der Waals surface area (Å²) >= 11 is 0. The van der Waals surface area contributed by atoms with E-state index in [2.05, 4.69) is 133 Å². The van der Waals surface area contributed by atoms with Gasteiger partial charge in [-0.15, -0.1) is 0 Å². The second kappa shape index (κ2) is 9.48. The smallest absolute Gasteiger partial charge is 0.254 e. The maximum Gasteiger partial charge on any atom is 0.254 e. The number of hydrogen-bond donors (Lipinski definition) is 1. The molecule has 1 N–H and O–H groups in total. The van der Waals surface area contributed by atoms with Crippen LogP contribution in [0.15, 0.2) is 121 Å². The van der Waals surface area contributed by atoms with Gasteiger partial charge in [-0.1, -0.05) is 121 Å². The Morgan fingerprint density at radius 1 is 0.667 bits per heavy atom. The lowest BCUT2D eigenvalue weighted by Gasteiger charge is -2.46. The van der Waals surface area contributed by atoms with Gasteiger partial charge < -0.3 is 9.74 Å². The molecule has 1 atom stereocenters.